The average molecular weight is 303 g/mol. The molecule has 0 unspecified atom stereocenters. The van der Waals surface area contributed by atoms with Crippen LogP contribution in [0.5, 0.6) is 0 Å². The van der Waals surface area contributed by atoms with Crippen LogP contribution >= 0.6 is 0 Å². The van der Waals surface area contributed by atoms with E-state index in [1.54, 1.807) is 6.92 Å². The summed E-state index contributed by atoms with van der Waals surface area (Å²) >= 11 is 0. The zero-order valence-corrected chi connectivity index (χ0v) is 12.3. The van der Waals surface area contributed by atoms with Gasteiger partial charge in [-0.1, -0.05) is 6.07 Å². The quantitative estimate of drug-likeness (QED) is 0.848. The Morgan fingerprint density at radius 1 is 1.29 bits per heavy atom. The van der Waals surface area contributed by atoms with Gasteiger partial charge in [-0.25, -0.2) is 0 Å². The van der Waals surface area contributed by atoms with E-state index in [0.29, 0.717) is 19.6 Å². The summed E-state index contributed by atoms with van der Waals surface area (Å²) in [5.74, 6) is -0.515. The number of hydrogen-bond donors (Lipinski definition) is 2. The first-order chi connectivity index (χ1) is 9.77. The molecule has 118 valence electrons. The van der Waals surface area contributed by atoms with E-state index in [9.17, 15) is 18.0 Å². The van der Waals surface area contributed by atoms with Gasteiger partial charge >= 0.3 is 6.18 Å². The topological polar surface area (TPSA) is 44.4 Å². The molecule has 0 radical (unpaired) electrons. The SMILES string of the molecule is CCNc1c(C(=O)NCCN(C)C)cccc1C(F)(F)F. The largest absolute Gasteiger partial charge is 0.418 e. The van der Waals surface area contributed by atoms with Crippen LogP contribution in [0.3, 0.4) is 0 Å². The van der Waals surface area contributed by atoms with Crippen molar-refractivity contribution in [3.05, 3.63) is 29.3 Å². The fraction of sp³-hybridized carbons (Fsp3) is 0.500. The Labute approximate surface area is 122 Å². The normalized spacial score (nSPS) is 11.6. The summed E-state index contributed by atoms with van der Waals surface area (Å²) in [7, 11) is 3.70. The van der Waals surface area contributed by atoms with Crippen molar-refractivity contribution in [2.24, 2.45) is 0 Å². The molecule has 21 heavy (non-hydrogen) atoms. The number of nitrogens with one attached hydrogen (secondary N) is 2. The second kappa shape index (κ2) is 7.31. The van der Waals surface area contributed by atoms with Gasteiger partial charge in [0.2, 0.25) is 0 Å². The minimum Gasteiger partial charge on any atom is -0.384 e. The lowest BCUT2D eigenvalue weighted by molar-refractivity contribution is -0.137. The van der Waals surface area contributed by atoms with Gasteiger partial charge < -0.3 is 15.5 Å². The molecule has 1 aromatic carbocycles. The summed E-state index contributed by atoms with van der Waals surface area (Å²) in [6, 6.07) is 3.59. The molecule has 0 spiro atoms. The van der Waals surface area contributed by atoms with E-state index in [2.05, 4.69) is 10.6 Å². The molecule has 2 N–H and O–H groups in total. The number of benzene rings is 1. The predicted molar refractivity (Wildman–Crippen MR) is 76.5 cm³/mol. The van der Waals surface area contributed by atoms with E-state index in [4.69, 9.17) is 0 Å². The summed E-state index contributed by atoms with van der Waals surface area (Å²) in [5.41, 5.74) is -0.995. The molecule has 7 heteroatoms. The highest BCUT2D eigenvalue weighted by Gasteiger charge is 2.35. The molecule has 0 aliphatic rings. The molecule has 0 atom stereocenters. The fourth-order valence-electron chi connectivity index (χ4n) is 1.83. The van der Waals surface area contributed by atoms with Gasteiger partial charge in [0, 0.05) is 19.6 Å². The number of hydrogen-bond acceptors (Lipinski definition) is 3. The number of nitrogens with zero attached hydrogens (tertiary/aromatic N) is 1. The van der Waals surface area contributed by atoms with E-state index in [-0.39, 0.29) is 11.3 Å². The standard InChI is InChI=1S/C14H20F3N3O/c1-4-18-12-10(13(21)19-8-9-20(2)3)6-5-7-11(12)14(15,16)17/h5-7,18H,4,8-9H2,1-3H3,(H,19,21). The van der Waals surface area contributed by atoms with Crippen LogP contribution in [-0.4, -0.2) is 44.5 Å². The fourth-order valence-corrected chi connectivity index (χ4v) is 1.83. The monoisotopic (exact) mass is 303 g/mol. The Kier molecular flexibility index (Phi) is 6.02. The van der Waals surface area contributed by atoms with Gasteiger partial charge in [-0.05, 0) is 33.2 Å². The maximum Gasteiger partial charge on any atom is 0.418 e. The number of alkyl halides is 3. The zero-order valence-electron chi connectivity index (χ0n) is 12.3. The third-order valence-electron chi connectivity index (χ3n) is 2.81. The van der Waals surface area contributed by atoms with Gasteiger partial charge in [-0.15, -0.1) is 0 Å². The molecule has 0 saturated carbocycles. The van der Waals surface area contributed by atoms with Gasteiger partial charge in [-0.3, -0.25) is 4.79 Å². The smallest absolute Gasteiger partial charge is 0.384 e. The van der Waals surface area contributed by atoms with E-state index in [1.807, 2.05) is 19.0 Å². The molecule has 0 aromatic heterocycles. The van der Waals surface area contributed by atoms with Crippen LogP contribution in [0.4, 0.5) is 18.9 Å². The lowest BCUT2D eigenvalue weighted by Gasteiger charge is -2.18. The minimum absolute atomic E-state index is 0.00503. The van der Waals surface area contributed by atoms with Crippen molar-refractivity contribution >= 4 is 11.6 Å². The average Bonchev–Trinajstić information content (AvgIpc) is 2.37. The first-order valence-electron chi connectivity index (χ1n) is 6.64. The number of anilines is 1. The Hall–Kier alpha value is -1.76. The van der Waals surface area contributed by atoms with Crippen molar-refractivity contribution in [1.29, 1.82) is 0 Å². The Morgan fingerprint density at radius 3 is 2.48 bits per heavy atom. The van der Waals surface area contributed by atoms with Gasteiger partial charge in [0.15, 0.2) is 0 Å². The molecule has 1 amide bonds. The molecule has 0 heterocycles. The highest BCUT2D eigenvalue weighted by atomic mass is 19.4. The molecule has 0 saturated heterocycles. The first-order valence-corrected chi connectivity index (χ1v) is 6.64. The van der Waals surface area contributed by atoms with Crippen LogP contribution in [0.15, 0.2) is 18.2 Å². The van der Waals surface area contributed by atoms with E-state index in [1.165, 1.54) is 12.1 Å². The second-order valence-electron chi connectivity index (χ2n) is 4.82. The van der Waals surface area contributed by atoms with Crippen molar-refractivity contribution in [3.63, 3.8) is 0 Å². The molecule has 0 aliphatic heterocycles. The summed E-state index contributed by atoms with van der Waals surface area (Å²) < 4.78 is 39.0. The van der Waals surface area contributed by atoms with E-state index in [0.717, 1.165) is 6.07 Å². The third kappa shape index (κ3) is 4.93. The van der Waals surface area contributed by atoms with Gasteiger partial charge in [-0.2, -0.15) is 13.2 Å². The molecule has 0 fully saturated rings. The molecular formula is C14H20F3N3O. The van der Waals surface area contributed by atoms with Gasteiger partial charge in [0.1, 0.15) is 0 Å². The van der Waals surface area contributed by atoms with Crippen LogP contribution in [0.25, 0.3) is 0 Å². The lowest BCUT2D eigenvalue weighted by atomic mass is 10.1. The number of carbonyl (C=O) groups excluding carboxylic acids is 1. The molecular weight excluding hydrogens is 283 g/mol. The van der Waals surface area contributed by atoms with Crippen LogP contribution in [0.1, 0.15) is 22.8 Å². The Morgan fingerprint density at radius 2 is 1.95 bits per heavy atom. The highest BCUT2D eigenvalue weighted by Crippen LogP contribution is 2.36. The van der Waals surface area contributed by atoms with Crippen LogP contribution < -0.4 is 10.6 Å². The number of para-hydroxylation sites is 1. The lowest BCUT2D eigenvalue weighted by Crippen LogP contribution is -2.32. The van der Waals surface area contributed by atoms with Crippen LogP contribution in [0.2, 0.25) is 0 Å². The predicted octanol–water partition coefficient (Wildman–Crippen LogP) is 2.43. The van der Waals surface area contributed by atoms with E-state index < -0.39 is 17.6 Å². The van der Waals surface area contributed by atoms with Crippen molar-refractivity contribution in [3.8, 4) is 0 Å². The number of likely N-dealkylation sites (N-methyl/N-ethyl adjacent to an activating group) is 1. The third-order valence-corrected chi connectivity index (χ3v) is 2.81. The number of amides is 1. The van der Waals surface area contributed by atoms with Gasteiger partial charge in [0.05, 0.1) is 16.8 Å². The summed E-state index contributed by atoms with van der Waals surface area (Å²) in [6.45, 7) is 2.96. The minimum atomic E-state index is -4.50. The number of carbonyl (C=O) groups is 1. The van der Waals surface area contributed by atoms with Crippen LogP contribution in [-0.2, 0) is 6.18 Å². The van der Waals surface area contributed by atoms with Crippen molar-refractivity contribution < 1.29 is 18.0 Å². The van der Waals surface area contributed by atoms with E-state index >= 15 is 0 Å². The molecule has 1 aromatic rings. The maximum atomic E-state index is 13.0. The van der Waals surface area contributed by atoms with Crippen molar-refractivity contribution in [2.45, 2.75) is 13.1 Å². The molecule has 0 aliphatic carbocycles. The Balaban J connectivity index is 3.03. The zero-order chi connectivity index (χ0) is 16.0. The summed E-state index contributed by atoms with van der Waals surface area (Å²) in [5, 5.41) is 5.26. The first kappa shape index (κ1) is 17.3. The maximum absolute atomic E-state index is 13.0. The Bertz CT molecular complexity index is 487. The summed E-state index contributed by atoms with van der Waals surface area (Å²) in [6.07, 6.45) is -4.50. The molecule has 0 bridgehead atoms. The highest BCUT2D eigenvalue weighted by molar-refractivity contribution is 6.00. The van der Waals surface area contributed by atoms with Crippen LogP contribution in [0, 0.1) is 0 Å². The number of rotatable bonds is 6. The van der Waals surface area contributed by atoms with Crippen molar-refractivity contribution in [2.75, 3.05) is 39.0 Å². The van der Waals surface area contributed by atoms with Crippen molar-refractivity contribution in [1.82, 2.24) is 10.2 Å². The number of halogens is 3. The van der Waals surface area contributed by atoms with Gasteiger partial charge in [0.25, 0.3) is 5.91 Å². The second-order valence-corrected chi connectivity index (χ2v) is 4.82. The molecule has 4 nitrogen and oxygen atoms in total. The summed E-state index contributed by atoms with van der Waals surface area (Å²) in [4.78, 5) is 13.9. The molecule has 1 rings (SSSR count).